The van der Waals surface area contributed by atoms with Crippen molar-refractivity contribution < 1.29 is 14.2 Å². The van der Waals surface area contributed by atoms with Crippen molar-refractivity contribution >= 4 is 17.3 Å². The minimum atomic E-state index is -0.843. The number of benzene rings is 1. The Balaban J connectivity index is 1.05. The highest BCUT2D eigenvalue weighted by atomic mass is 19.1. The summed E-state index contributed by atoms with van der Waals surface area (Å²) in [5.41, 5.74) is 10.1. The van der Waals surface area contributed by atoms with Gasteiger partial charge in [0.05, 0.1) is 24.9 Å². The lowest BCUT2D eigenvalue weighted by atomic mass is 9.87. The number of aliphatic hydroxyl groups is 1. The third kappa shape index (κ3) is 4.74. The largest absolute Gasteiger partial charge is 0.388 e. The lowest BCUT2D eigenvalue weighted by molar-refractivity contribution is 0.118. The number of hydrogen-bond acceptors (Lipinski definition) is 10. The van der Waals surface area contributed by atoms with Gasteiger partial charge >= 0.3 is 0 Å². The molecule has 0 saturated carbocycles. The van der Waals surface area contributed by atoms with Crippen molar-refractivity contribution in [1.29, 1.82) is 0 Å². The van der Waals surface area contributed by atoms with E-state index in [1.54, 1.807) is 41.7 Å². The van der Waals surface area contributed by atoms with Gasteiger partial charge in [-0.25, -0.2) is 23.9 Å². The molecule has 2 fully saturated rings. The van der Waals surface area contributed by atoms with Crippen LogP contribution in [0.1, 0.15) is 24.1 Å². The fraction of sp³-hybridized carbons (Fsp3) is 0.345. The molecule has 0 radical (unpaired) electrons. The minimum absolute atomic E-state index is 0.183. The van der Waals surface area contributed by atoms with E-state index in [1.807, 2.05) is 23.8 Å². The Hall–Kier alpha value is -4.46. The molecule has 2 aliphatic heterocycles. The van der Waals surface area contributed by atoms with Gasteiger partial charge in [-0.1, -0.05) is 12.1 Å². The topological polar surface area (TPSA) is 136 Å². The Morgan fingerprint density at radius 2 is 1.64 bits per heavy atom. The van der Waals surface area contributed by atoms with Crippen molar-refractivity contribution in [3.05, 3.63) is 84.6 Å². The molecule has 3 atom stereocenters. The molecule has 4 aromatic heterocycles. The first-order chi connectivity index (χ1) is 20.4. The number of hydrogen-bond donors (Lipinski definition) is 2. The number of nitrogens with zero attached hydrogens (tertiary/aromatic N) is 9. The number of aliphatic hydroxyl groups excluding tert-OH is 1. The van der Waals surface area contributed by atoms with Gasteiger partial charge in [-0.3, -0.25) is 4.68 Å². The van der Waals surface area contributed by atoms with Crippen molar-refractivity contribution in [2.75, 3.05) is 49.2 Å². The fourth-order valence-corrected chi connectivity index (χ4v) is 5.60. The zero-order chi connectivity index (χ0) is 28.8. The van der Waals surface area contributed by atoms with Crippen LogP contribution in [0, 0.1) is 5.82 Å². The summed E-state index contributed by atoms with van der Waals surface area (Å²) >= 11 is 0. The smallest absolute Gasteiger partial charge is 0.225 e. The second-order valence-electron chi connectivity index (χ2n) is 11.0. The third-order valence-corrected chi connectivity index (χ3v) is 8.23. The Kier molecular flexibility index (Phi) is 6.56. The lowest BCUT2D eigenvalue weighted by Crippen LogP contribution is -2.47. The molecular formula is C29H31FN10O2. The molecule has 12 nitrogen and oxygen atoms in total. The molecule has 5 aromatic rings. The Morgan fingerprint density at radius 1 is 0.905 bits per heavy atom. The van der Waals surface area contributed by atoms with E-state index < -0.39 is 11.6 Å². The molecular weight excluding hydrogens is 539 g/mol. The summed E-state index contributed by atoms with van der Waals surface area (Å²) in [6.07, 6.45) is 10.2. The molecule has 6 heterocycles. The summed E-state index contributed by atoms with van der Waals surface area (Å²) in [4.78, 5) is 18.2. The van der Waals surface area contributed by atoms with Gasteiger partial charge in [0.1, 0.15) is 29.8 Å². The van der Waals surface area contributed by atoms with Gasteiger partial charge in [0.15, 0.2) is 5.82 Å². The van der Waals surface area contributed by atoms with E-state index in [4.69, 9.17) is 10.5 Å². The quantitative estimate of drug-likeness (QED) is 0.312. The summed E-state index contributed by atoms with van der Waals surface area (Å²) in [5, 5.41) is 19.1. The molecule has 0 bridgehead atoms. The third-order valence-electron chi connectivity index (χ3n) is 8.23. The van der Waals surface area contributed by atoms with Crippen LogP contribution in [0.2, 0.25) is 0 Å². The van der Waals surface area contributed by atoms with Crippen LogP contribution in [0.25, 0.3) is 16.6 Å². The van der Waals surface area contributed by atoms with E-state index in [0.29, 0.717) is 19.2 Å². The van der Waals surface area contributed by atoms with E-state index >= 15 is 0 Å². The minimum Gasteiger partial charge on any atom is -0.388 e. The molecule has 0 amide bonds. The molecule has 7 rings (SSSR count). The number of rotatable bonds is 6. The predicted octanol–water partition coefficient (Wildman–Crippen LogP) is 2.00. The first kappa shape index (κ1) is 26.4. The maximum Gasteiger partial charge on any atom is 0.225 e. The van der Waals surface area contributed by atoms with E-state index in [0.717, 1.165) is 59.8 Å². The highest BCUT2D eigenvalue weighted by Gasteiger charge is 2.29. The van der Waals surface area contributed by atoms with Crippen LogP contribution < -0.4 is 15.5 Å². The SMILES string of the molecule is CC(N)(c1ccc(F)cc1)c1cnc(N2CCN(c3ncnn4cc(-c5cnn([C@@H]6COC[C@@H]6O)c5)cc34)CC2)nc1. The van der Waals surface area contributed by atoms with Crippen LogP contribution in [-0.2, 0) is 10.3 Å². The van der Waals surface area contributed by atoms with Gasteiger partial charge in [0.25, 0.3) is 0 Å². The number of piperazine rings is 1. The van der Waals surface area contributed by atoms with Crippen LogP contribution >= 0.6 is 0 Å². The van der Waals surface area contributed by atoms with Crippen molar-refractivity contribution in [2.45, 2.75) is 24.6 Å². The molecule has 0 spiro atoms. The summed E-state index contributed by atoms with van der Waals surface area (Å²) in [5.74, 6) is 1.20. The summed E-state index contributed by atoms with van der Waals surface area (Å²) in [6.45, 7) is 5.55. The molecule has 0 aliphatic carbocycles. The number of anilines is 2. The highest BCUT2D eigenvalue weighted by Crippen LogP contribution is 2.30. The van der Waals surface area contributed by atoms with Gasteiger partial charge in [-0.05, 0) is 30.7 Å². The molecule has 1 unspecified atom stereocenters. The monoisotopic (exact) mass is 570 g/mol. The van der Waals surface area contributed by atoms with Gasteiger partial charge in [-0.15, -0.1) is 0 Å². The van der Waals surface area contributed by atoms with Crippen LogP contribution in [0.4, 0.5) is 16.2 Å². The van der Waals surface area contributed by atoms with Crippen molar-refractivity contribution in [3.8, 4) is 11.1 Å². The fourth-order valence-electron chi connectivity index (χ4n) is 5.60. The van der Waals surface area contributed by atoms with E-state index in [9.17, 15) is 9.50 Å². The Bertz CT molecular complexity index is 1690. The number of halogens is 1. The number of nitrogens with two attached hydrogens (primary N) is 1. The highest BCUT2D eigenvalue weighted by molar-refractivity contribution is 5.77. The van der Waals surface area contributed by atoms with E-state index in [1.165, 1.54) is 12.1 Å². The van der Waals surface area contributed by atoms with Crippen molar-refractivity contribution in [1.82, 2.24) is 34.3 Å². The van der Waals surface area contributed by atoms with E-state index in [2.05, 4.69) is 41.0 Å². The number of ether oxygens (including phenoxy) is 1. The molecule has 2 saturated heterocycles. The Labute approximate surface area is 241 Å². The first-order valence-electron chi connectivity index (χ1n) is 13.9. The summed E-state index contributed by atoms with van der Waals surface area (Å²) in [6, 6.07) is 8.06. The van der Waals surface area contributed by atoms with Gasteiger partial charge in [-0.2, -0.15) is 10.2 Å². The molecule has 3 N–H and O–H groups in total. The molecule has 2 aliphatic rings. The van der Waals surface area contributed by atoms with Crippen LogP contribution in [-0.4, -0.2) is 84.9 Å². The van der Waals surface area contributed by atoms with Gasteiger partial charge in [0, 0.05) is 67.7 Å². The molecule has 1 aromatic carbocycles. The zero-order valence-electron chi connectivity index (χ0n) is 23.1. The van der Waals surface area contributed by atoms with Crippen LogP contribution in [0.5, 0.6) is 0 Å². The maximum atomic E-state index is 13.4. The van der Waals surface area contributed by atoms with Crippen LogP contribution in [0.15, 0.2) is 67.6 Å². The van der Waals surface area contributed by atoms with Crippen molar-refractivity contribution in [3.63, 3.8) is 0 Å². The summed E-state index contributed by atoms with van der Waals surface area (Å²) in [7, 11) is 0. The number of aromatic nitrogens is 7. The van der Waals surface area contributed by atoms with Crippen LogP contribution in [0.3, 0.4) is 0 Å². The molecule has 42 heavy (non-hydrogen) atoms. The normalized spacial score (nSPS) is 20.8. The van der Waals surface area contributed by atoms with E-state index in [-0.39, 0.29) is 11.9 Å². The number of fused-ring (bicyclic) bond motifs is 1. The second-order valence-corrected chi connectivity index (χ2v) is 11.0. The first-order valence-corrected chi connectivity index (χ1v) is 13.9. The Morgan fingerprint density at radius 3 is 2.36 bits per heavy atom. The van der Waals surface area contributed by atoms with Gasteiger partial charge in [0.2, 0.25) is 5.95 Å². The average Bonchev–Trinajstić information content (AvgIpc) is 3.77. The second kappa shape index (κ2) is 10.4. The van der Waals surface area contributed by atoms with Gasteiger partial charge < -0.3 is 25.4 Å². The van der Waals surface area contributed by atoms with Crippen molar-refractivity contribution in [2.24, 2.45) is 5.73 Å². The standard InChI is InChI=1S/C29H31FN10O2/c1-29(31,21-2-4-23(30)5-3-21)22-12-32-28(33-13-22)38-8-6-37(7-9-38)27-24-10-19(14-39(24)36-18-34-27)20-11-35-40(15-20)25-16-42-17-26(25)41/h2-5,10-15,18,25-26,41H,6-9,16-17,31H2,1H3/t25-,26+,29?/m1/s1. The molecule has 216 valence electrons. The predicted molar refractivity (Wildman–Crippen MR) is 154 cm³/mol. The molecule has 13 heteroatoms. The lowest BCUT2D eigenvalue weighted by Gasteiger charge is -2.35. The summed E-state index contributed by atoms with van der Waals surface area (Å²) < 4.78 is 22.4. The average molecular weight is 571 g/mol. The zero-order valence-corrected chi connectivity index (χ0v) is 23.1. The maximum absolute atomic E-state index is 13.4.